The quantitative estimate of drug-likeness (QED) is 0.144. The molecule has 0 amide bonds. The molecule has 11 aromatic rings. The van der Waals surface area contributed by atoms with Gasteiger partial charge in [-0.1, -0.05) is 100 Å². The molecule has 0 atom stereocenters. The van der Waals surface area contributed by atoms with E-state index in [4.69, 9.17) is 9.72 Å². The number of benzene rings is 8. The van der Waals surface area contributed by atoms with E-state index in [0.717, 1.165) is 84.3 Å². The summed E-state index contributed by atoms with van der Waals surface area (Å²) in [5, 5.41) is 4.75. The number of hydrogen-bond donors (Lipinski definition) is 0. The Hall–Kier alpha value is -7.81. The zero-order valence-corrected chi connectivity index (χ0v) is 38.9. The smallest absolute Gasteiger partial charge is 0.137 e. The average Bonchev–Trinajstić information content (AvgIpc) is 4.03. The molecule has 0 bridgehead atoms. The molecule has 1 aliphatic heterocycles. The minimum atomic E-state index is -0.590. The predicted octanol–water partition coefficient (Wildman–Crippen LogP) is 17.4. The van der Waals surface area contributed by atoms with Gasteiger partial charge in [0.25, 0.3) is 0 Å². The summed E-state index contributed by atoms with van der Waals surface area (Å²) >= 11 is 1.82. The zero-order valence-electron chi connectivity index (χ0n) is 38.0. The normalized spacial score (nSPS) is 12.7. The van der Waals surface area contributed by atoms with Crippen LogP contribution < -0.4 is 14.5 Å². The Morgan fingerprint density at radius 1 is 0.529 bits per heavy atom. The molecular weight excluding hydrogens is 863 g/mol. The van der Waals surface area contributed by atoms with Gasteiger partial charge < -0.3 is 14.5 Å². The van der Waals surface area contributed by atoms with E-state index in [1.165, 1.54) is 32.3 Å². The van der Waals surface area contributed by atoms with Crippen LogP contribution in [0, 0.1) is 11.6 Å². The van der Waals surface area contributed by atoms with Crippen molar-refractivity contribution in [2.24, 2.45) is 0 Å². The van der Waals surface area contributed by atoms with E-state index in [2.05, 4.69) is 182 Å². The molecule has 0 spiro atoms. The third kappa shape index (κ3) is 7.06. The SMILES string of the molecule is CC(C)c1cc(-c2cc(F)cc(F)c2)cc(C(C)C)c1N1CN(c2cc(Oc3ccc4c5ccccc5n(-c5ccccn5)c4c3)cc(-c3cccc4c3sc3ccccc34)c2)c2ccccc21. The monoisotopic (exact) mass is 908 g/mol. The largest absolute Gasteiger partial charge is 0.457 e. The highest BCUT2D eigenvalue weighted by Crippen LogP contribution is 2.51. The average molecular weight is 909 g/mol. The van der Waals surface area contributed by atoms with E-state index in [9.17, 15) is 8.78 Å². The fraction of sp³-hybridized carbons (Fsp3) is 0.117. The Labute approximate surface area is 397 Å². The molecule has 0 aliphatic carbocycles. The van der Waals surface area contributed by atoms with Crippen molar-refractivity contribution in [2.75, 3.05) is 16.5 Å². The molecule has 0 N–H and O–H groups in total. The van der Waals surface area contributed by atoms with Crippen LogP contribution in [-0.2, 0) is 0 Å². The van der Waals surface area contributed by atoms with E-state index in [0.29, 0.717) is 23.7 Å². The van der Waals surface area contributed by atoms with Crippen molar-refractivity contribution in [3.05, 3.63) is 205 Å². The lowest BCUT2D eigenvalue weighted by molar-refractivity contribution is 0.483. The van der Waals surface area contributed by atoms with Crippen molar-refractivity contribution < 1.29 is 13.5 Å². The maximum Gasteiger partial charge on any atom is 0.137 e. The zero-order chi connectivity index (χ0) is 46.2. The van der Waals surface area contributed by atoms with Crippen LogP contribution in [0.4, 0.5) is 31.5 Å². The summed E-state index contributed by atoms with van der Waals surface area (Å²) in [5.74, 6) is 1.31. The summed E-state index contributed by atoms with van der Waals surface area (Å²) in [7, 11) is 0. The van der Waals surface area contributed by atoms with Gasteiger partial charge in [0.15, 0.2) is 0 Å². The Morgan fingerprint density at radius 2 is 1.19 bits per heavy atom. The van der Waals surface area contributed by atoms with Crippen LogP contribution in [0.25, 0.3) is 70.0 Å². The number of fused-ring (bicyclic) bond motifs is 7. The fourth-order valence-corrected chi connectivity index (χ4v) is 11.4. The van der Waals surface area contributed by atoms with Crippen LogP contribution >= 0.6 is 11.3 Å². The van der Waals surface area contributed by atoms with Gasteiger partial charge in [0.05, 0.1) is 22.4 Å². The first kappa shape index (κ1) is 41.6. The van der Waals surface area contributed by atoms with Crippen LogP contribution in [0.5, 0.6) is 11.5 Å². The lowest BCUT2D eigenvalue weighted by Crippen LogP contribution is -2.26. The molecule has 4 heterocycles. The maximum absolute atomic E-state index is 14.7. The Kier molecular flexibility index (Phi) is 10.1. The van der Waals surface area contributed by atoms with Crippen molar-refractivity contribution >= 4 is 76.1 Å². The number of pyridine rings is 1. The number of anilines is 4. The standard InChI is InChI=1S/C60H46F2N4OS/c1-36(2)51-30-39(38-26-41(61)32-42(62)27-38)31-52(37(3)4)59(51)65-35-64(54-19-8-9-20-55(54)65)43-28-40(46-16-13-17-50-49-15-6-10-21-57(49)68-60(46)50)29-45(33-43)67-44-23-24-48-47-14-5-7-18-53(47)66(56(48)34-44)58-22-11-12-25-63-58/h5-34,36-37H,35H2,1-4H3. The highest BCUT2D eigenvalue weighted by molar-refractivity contribution is 7.26. The van der Waals surface area contributed by atoms with Crippen molar-refractivity contribution in [1.82, 2.24) is 9.55 Å². The Bertz CT molecular complexity index is 3710. The molecule has 12 rings (SSSR count). The number of hydrogen-bond acceptors (Lipinski definition) is 5. The number of rotatable bonds is 9. The molecule has 0 fully saturated rings. The number of halogens is 2. The van der Waals surface area contributed by atoms with Gasteiger partial charge in [0.1, 0.15) is 35.6 Å². The highest BCUT2D eigenvalue weighted by atomic mass is 32.1. The number of thiophene rings is 1. The molecule has 0 saturated carbocycles. The molecule has 0 radical (unpaired) electrons. The van der Waals surface area contributed by atoms with Gasteiger partial charge in [-0.15, -0.1) is 11.3 Å². The fourth-order valence-electron chi connectivity index (χ4n) is 10.2. The number of para-hydroxylation sites is 3. The molecule has 5 nitrogen and oxygen atoms in total. The van der Waals surface area contributed by atoms with Crippen molar-refractivity contribution in [1.29, 1.82) is 0 Å². The van der Waals surface area contributed by atoms with E-state index >= 15 is 0 Å². The second-order valence-corrected chi connectivity index (χ2v) is 19.3. The van der Waals surface area contributed by atoms with E-state index < -0.39 is 11.6 Å². The van der Waals surface area contributed by atoms with Crippen LogP contribution in [-0.4, -0.2) is 16.2 Å². The van der Waals surface area contributed by atoms with Crippen LogP contribution in [0.2, 0.25) is 0 Å². The molecule has 68 heavy (non-hydrogen) atoms. The molecule has 0 unspecified atom stereocenters. The van der Waals surface area contributed by atoms with Crippen LogP contribution in [0.15, 0.2) is 182 Å². The number of ether oxygens (including phenoxy) is 1. The second kappa shape index (κ2) is 16.5. The predicted molar refractivity (Wildman–Crippen MR) is 279 cm³/mol. The second-order valence-electron chi connectivity index (χ2n) is 18.3. The highest BCUT2D eigenvalue weighted by Gasteiger charge is 2.33. The van der Waals surface area contributed by atoms with Gasteiger partial charge in [-0.25, -0.2) is 13.8 Å². The summed E-state index contributed by atoms with van der Waals surface area (Å²) in [6.07, 6.45) is 1.83. The first-order chi connectivity index (χ1) is 33.2. The molecular formula is C60H46F2N4OS. The summed E-state index contributed by atoms with van der Waals surface area (Å²) in [5.41, 5.74) is 12.1. The summed E-state index contributed by atoms with van der Waals surface area (Å²) in [4.78, 5) is 9.56. The third-order valence-corrected chi connectivity index (χ3v) is 14.5. The van der Waals surface area contributed by atoms with Crippen molar-refractivity contribution in [3.8, 4) is 39.6 Å². The minimum Gasteiger partial charge on any atom is -0.457 e. The third-order valence-electron chi connectivity index (χ3n) is 13.3. The first-order valence-electron chi connectivity index (χ1n) is 23.1. The summed E-state index contributed by atoms with van der Waals surface area (Å²) < 4.78 is 41.0. The van der Waals surface area contributed by atoms with Crippen molar-refractivity contribution in [3.63, 3.8) is 0 Å². The van der Waals surface area contributed by atoms with Gasteiger partial charge in [0, 0.05) is 66.7 Å². The molecule has 1 aliphatic rings. The van der Waals surface area contributed by atoms with E-state index in [-0.39, 0.29) is 11.8 Å². The minimum absolute atomic E-state index is 0.112. The van der Waals surface area contributed by atoms with Gasteiger partial charge in [-0.3, -0.25) is 4.57 Å². The Balaban J connectivity index is 1.02. The van der Waals surface area contributed by atoms with Gasteiger partial charge in [0.2, 0.25) is 0 Å². The Morgan fingerprint density at radius 3 is 1.94 bits per heavy atom. The topological polar surface area (TPSA) is 33.5 Å². The lowest BCUT2D eigenvalue weighted by atomic mass is 9.87. The molecule has 3 aromatic heterocycles. The molecule has 0 saturated heterocycles. The van der Waals surface area contributed by atoms with E-state index in [1.54, 1.807) is 0 Å². The van der Waals surface area contributed by atoms with Gasteiger partial charge >= 0.3 is 0 Å². The van der Waals surface area contributed by atoms with Crippen LogP contribution in [0.1, 0.15) is 50.7 Å². The van der Waals surface area contributed by atoms with Crippen LogP contribution in [0.3, 0.4) is 0 Å². The lowest BCUT2D eigenvalue weighted by Gasteiger charge is -2.30. The number of aromatic nitrogens is 2. The van der Waals surface area contributed by atoms with Gasteiger partial charge in [-0.2, -0.15) is 0 Å². The van der Waals surface area contributed by atoms with E-state index in [1.807, 2.05) is 35.7 Å². The van der Waals surface area contributed by atoms with Gasteiger partial charge in [-0.05, 0) is 130 Å². The maximum atomic E-state index is 14.7. The molecule has 332 valence electrons. The molecule has 8 heteroatoms. The first-order valence-corrected chi connectivity index (χ1v) is 23.9. The summed E-state index contributed by atoms with van der Waals surface area (Å²) in [6.45, 7) is 9.28. The number of nitrogens with zero attached hydrogens (tertiary/aromatic N) is 4. The summed E-state index contributed by atoms with van der Waals surface area (Å²) in [6, 6.07) is 59.2. The molecule has 8 aromatic carbocycles. The van der Waals surface area contributed by atoms with Crippen molar-refractivity contribution in [2.45, 2.75) is 39.5 Å².